The van der Waals surface area contributed by atoms with Crippen molar-refractivity contribution >= 4 is 5.91 Å². The summed E-state index contributed by atoms with van der Waals surface area (Å²) < 4.78 is 14.4. The van der Waals surface area contributed by atoms with Gasteiger partial charge in [-0.3, -0.25) is 9.48 Å². The largest absolute Gasteiger partial charge is 0.497 e. The maximum absolute atomic E-state index is 13.1. The Labute approximate surface area is 186 Å². The minimum atomic E-state index is -0.510. The van der Waals surface area contributed by atoms with E-state index in [9.17, 15) is 4.79 Å². The average Bonchev–Trinajstić information content (AvgIpc) is 3.46. The van der Waals surface area contributed by atoms with Crippen LogP contribution in [0.3, 0.4) is 0 Å². The molecule has 1 amide bonds. The molecule has 1 atom stereocenters. The molecule has 4 aromatic rings. The Morgan fingerprint density at radius 1 is 1.09 bits per heavy atom. The van der Waals surface area contributed by atoms with Crippen LogP contribution in [0.4, 0.5) is 0 Å². The summed E-state index contributed by atoms with van der Waals surface area (Å²) >= 11 is 0. The van der Waals surface area contributed by atoms with Crippen LogP contribution in [0, 0.1) is 0 Å². The molecule has 0 saturated carbocycles. The van der Waals surface area contributed by atoms with Gasteiger partial charge in [0.2, 0.25) is 0 Å². The number of imidazole rings is 1. The van der Waals surface area contributed by atoms with Crippen molar-refractivity contribution < 1.29 is 14.3 Å². The molecular formula is C24H25N5O3. The number of nitrogens with zero attached hydrogens (tertiary/aromatic N) is 4. The molecule has 0 aliphatic carbocycles. The van der Waals surface area contributed by atoms with Crippen molar-refractivity contribution in [2.75, 3.05) is 14.2 Å². The Bertz CT molecular complexity index is 1180. The van der Waals surface area contributed by atoms with Crippen LogP contribution >= 0.6 is 0 Å². The van der Waals surface area contributed by atoms with Crippen LogP contribution in [0.25, 0.3) is 0 Å². The summed E-state index contributed by atoms with van der Waals surface area (Å²) in [6, 6.07) is 15.0. The Kier molecular flexibility index (Phi) is 6.21. The predicted molar refractivity (Wildman–Crippen MR) is 120 cm³/mol. The van der Waals surface area contributed by atoms with E-state index in [4.69, 9.17) is 9.47 Å². The zero-order valence-electron chi connectivity index (χ0n) is 18.2. The fraction of sp³-hybridized carbons (Fsp3) is 0.208. The summed E-state index contributed by atoms with van der Waals surface area (Å²) in [7, 11) is 5.07. The van der Waals surface area contributed by atoms with Crippen molar-refractivity contribution in [3.63, 3.8) is 0 Å². The number of carbonyl (C=O) groups excluding carboxylic acids is 1. The Morgan fingerprint density at radius 3 is 2.44 bits per heavy atom. The molecule has 0 fully saturated rings. The number of nitrogens with one attached hydrogen (secondary N) is 1. The molecule has 0 aliphatic heterocycles. The fourth-order valence-electron chi connectivity index (χ4n) is 3.50. The molecule has 4 rings (SSSR count). The average molecular weight is 431 g/mol. The van der Waals surface area contributed by atoms with E-state index in [1.807, 2.05) is 60.3 Å². The summed E-state index contributed by atoms with van der Waals surface area (Å²) in [6.45, 7) is 0.587. The van der Waals surface area contributed by atoms with Crippen LogP contribution < -0.4 is 14.8 Å². The molecule has 8 heteroatoms. The number of benzene rings is 2. The Hall–Kier alpha value is -4.07. The number of carbonyl (C=O) groups is 1. The summed E-state index contributed by atoms with van der Waals surface area (Å²) in [6.07, 6.45) is 6.84. The molecule has 0 radical (unpaired) electrons. The highest BCUT2D eigenvalue weighted by atomic mass is 16.5. The first-order valence-electron chi connectivity index (χ1n) is 10.1. The quantitative estimate of drug-likeness (QED) is 0.463. The van der Waals surface area contributed by atoms with Gasteiger partial charge < -0.3 is 19.4 Å². The van der Waals surface area contributed by atoms with Crippen LogP contribution in [0.2, 0.25) is 0 Å². The number of ether oxygens (including phenoxy) is 2. The lowest BCUT2D eigenvalue weighted by Gasteiger charge is -2.20. The standard InChI is InChI=1S/C24H25N5O3/c1-28-10-9-25-23(28)22(18-11-20(31-2)13-21(12-18)32-3)27-24(30)19-14-26-29(16-19)15-17-7-5-4-6-8-17/h4-14,16,22H,15H2,1-3H3,(H,27,30). The zero-order chi connectivity index (χ0) is 22.5. The lowest BCUT2D eigenvalue weighted by atomic mass is 10.0. The zero-order valence-corrected chi connectivity index (χ0v) is 18.2. The second kappa shape index (κ2) is 9.38. The Morgan fingerprint density at radius 2 is 1.81 bits per heavy atom. The molecule has 0 spiro atoms. The number of aryl methyl sites for hydroxylation is 1. The molecule has 32 heavy (non-hydrogen) atoms. The van der Waals surface area contributed by atoms with E-state index in [1.165, 1.54) is 0 Å². The molecule has 2 heterocycles. The minimum absolute atomic E-state index is 0.251. The van der Waals surface area contributed by atoms with E-state index < -0.39 is 6.04 Å². The molecule has 164 valence electrons. The molecule has 0 aliphatic rings. The SMILES string of the molecule is COc1cc(OC)cc(C(NC(=O)c2cnn(Cc3ccccc3)c2)c2nccn2C)c1. The number of amides is 1. The van der Waals surface area contributed by atoms with Crippen molar-refractivity contribution in [3.05, 3.63) is 95.8 Å². The molecule has 2 aromatic carbocycles. The molecule has 8 nitrogen and oxygen atoms in total. The van der Waals surface area contributed by atoms with Crippen LogP contribution in [0.15, 0.2) is 73.3 Å². The summed E-state index contributed by atoms with van der Waals surface area (Å²) in [4.78, 5) is 17.6. The summed E-state index contributed by atoms with van der Waals surface area (Å²) in [5, 5.41) is 7.43. The van der Waals surface area contributed by atoms with Crippen molar-refractivity contribution in [1.29, 1.82) is 0 Å². The van der Waals surface area contributed by atoms with E-state index in [0.29, 0.717) is 29.4 Å². The summed E-state index contributed by atoms with van der Waals surface area (Å²) in [5.74, 6) is 1.69. The van der Waals surface area contributed by atoms with E-state index in [0.717, 1.165) is 11.1 Å². The van der Waals surface area contributed by atoms with Crippen molar-refractivity contribution in [3.8, 4) is 11.5 Å². The fourth-order valence-corrected chi connectivity index (χ4v) is 3.50. The van der Waals surface area contributed by atoms with Crippen LogP contribution in [-0.2, 0) is 13.6 Å². The molecule has 0 bridgehead atoms. The topological polar surface area (TPSA) is 83.2 Å². The Balaban J connectivity index is 1.61. The maximum atomic E-state index is 13.1. The highest BCUT2D eigenvalue weighted by Crippen LogP contribution is 2.29. The van der Waals surface area contributed by atoms with Gasteiger partial charge >= 0.3 is 0 Å². The molecule has 2 aromatic heterocycles. The third kappa shape index (κ3) is 4.64. The van der Waals surface area contributed by atoms with Crippen molar-refractivity contribution in [2.45, 2.75) is 12.6 Å². The molecule has 1 N–H and O–H groups in total. The molecule has 1 unspecified atom stereocenters. The number of rotatable bonds is 8. The van der Waals surface area contributed by atoms with E-state index in [-0.39, 0.29) is 5.91 Å². The highest BCUT2D eigenvalue weighted by molar-refractivity contribution is 5.94. The first kappa shape index (κ1) is 21.2. The molecule has 0 saturated heterocycles. The monoisotopic (exact) mass is 431 g/mol. The lowest BCUT2D eigenvalue weighted by molar-refractivity contribution is 0.0941. The smallest absolute Gasteiger partial charge is 0.255 e. The van der Waals surface area contributed by atoms with E-state index in [2.05, 4.69) is 15.4 Å². The van der Waals surface area contributed by atoms with Crippen molar-refractivity contribution in [2.24, 2.45) is 7.05 Å². The second-order valence-corrected chi connectivity index (χ2v) is 7.36. The molecular weight excluding hydrogens is 406 g/mol. The van der Waals surface area contributed by atoms with Gasteiger partial charge in [-0.05, 0) is 23.3 Å². The summed E-state index contributed by atoms with van der Waals surface area (Å²) in [5.41, 5.74) is 2.37. The van der Waals surface area contributed by atoms with Crippen LogP contribution in [0.5, 0.6) is 11.5 Å². The lowest BCUT2D eigenvalue weighted by Crippen LogP contribution is -2.31. The van der Waals surface area contributed by atoms with E-state index >= 15 is 0 Å². The van der Waals surface area contributed by atoms with Gasteiger partial charge in [0.1, 0.15) is 23.4 Å². The second-order valence-electron chi connectivity index (χ2n) is 7.36. The van der Waals surface area contributed by atoms with Gasteiger partial charge in [0.15, 0.2) is 0 Å². The van der Waals surface area contributed by atoms with Gasteiger partial charge in [0.05, 0.1) is 32.5 Å². The maximum Gasteiger partial charge on any atom is 0.255 e. The van der Waals surface area contributed by atoms with Gasteiger partial charge in [-0.25, -0.2) is 4.98 Å². The third-order valence-electron chi connectivity index (χ3n) is 5.18. The number of aromatic nitrogens is 4. The van der Waals surface area contributed by atoms with Crippen LogP contribution in [0.1, 0.15) is 33.4 Å². The first-order valence-corrected chi connectivity index (χ1v) is 10.1. The predicted octanol–water partition coefficient (Wildman–Crippen LogP) is 3.20. The minimum Gasteiger partial charge on any atom is -0.497 e. The van der Waals surface area contributed by atoms with Gasteiger partial charge in [0, 0.05) is 31.7 Å². The van der Waals surface area contributed by atoms with Gasteiger partial charge in [-0.2, -0.15) is 5.10 Å². The van der Waals surface area contributed by atoms with E-state index in [1.54, 1.807) is 43.6 Å². The number of methoxy groups -OCH3 is 2. The van der Waals surface area contributed by atoms with Gasteiger partial charge in [-0.15, -0.1) is 0 Å². The number of hydrogen-bond acceptors (Lipinski definition) is 5. The van der Waals surface area contributed by atoms with Gasteiger partial charge in [-0.1, -0.05) is 30.3 Å². The third-order valence-corrected chi connectivity index (χ3v) is 5.18. The van der Waals surface area contributed by atoms with Crippen molar-refractivity contribution in [1.82, 2.24) is 24.6 Å². The van der Waals surface area contributed by atoms with Crippen LogP contribution in [-0.4, -0.2) is 39.5 Å². The van der Waals surface area contributed by atoms with Gasteiger partial charge in [0.25, 0.3) is 5.91 Å². The highest BCUT2D eigenvalue weighted by Gasteiger charge is 2.23. The number of hydrogen-bond donors (Lipinski definition) is 1. The normalized spacial score (nSPS) is 11.7. The first-order chi connectivity index (χ1) is 15.6.